The maximum absolute atomic E-state index is 12.5. The highest BCUT2D eigenvalue weighted by Crippen LogP contribution is 2.28. The summed E-state index contributed by atoms with van der Waals surface area (Å²) in [6.45, 7) is 1.60. The molecule has 3 aromatic rings. The Hall–Kier alpha value is -2.73. The van der Waals surface area contributed by atoms with E-state index in [0.29, 0.717) is 37.8 Å². The third-order valence-electron chi connectivity index (χ3n) is 4.07. The molecule has 0 aliphatic rings. The smallest absolute Gasteiger partial charge is 0.265 e. The molecular formula is C22H17Cl3N2O3. The van der Waals surface area contributed by atoms with Gasteiger partial charge in [0.15, 0.2) is 6.10 Å². The number of hydrogen-bond donors (Lipinski definition) is 2. The minimum absolute atomic E-state index is 0.312. The molecule has 0 heterocycles. The molecule has 0 fully saturated rings. The number of carbonyl (C=O) groups excluding carboxylic acids is 2. The van der Waals surface area contributed by atoms with E-state index in [9.17, 15) is 9.59 Å². The molecule has 8 heteroatoms. The number of benzene rings is 3. The van der Waals surface area contributed by atoms with Gasteiger partial charge < -0.3 is 15.4 Å². The summed E-state index contributed by atoms with van der Waals surface area (Å²) >= 11 is 18.0. The van der Waals surface area contributed by atoms with Crippen LogP contribution in [0.3, 0.4) is 0 Å². The van der Waals surface area contributed by atoms with Crippen molar-refractivity contribution < 1.29 is 14.3 Å². The van der Waals surface area contributed by atoms with Crippen LogP contribution in [-0.4, -0.2) is 17.9 Å². The van der Waals surface area contributed by atoms with Crippen LogP contribution in [0.25, 0.3) is 0 Å². The molecule has 30 heavy (non-hydrogen) atoms. The third-order valence-corrected chi connectivity index (χ3v) is 4.93. The summed E-state index contributed by atoms with van der Waals surface area (Å²) in [5.74, 6) is -0.377. The van der Waals surface area contributed by atoms with Crippen LogP contribution in [0.4, 0.5) is 11.4 Å². The number of hydrogen-bond acceptors (Lipinski definition) is 3. The number of rotatable bonds is 6. The zero-order chi connectivity index (χ0) is 21.7. The number of nitrogens with one attached hydrogen (secondary N) is 2. The lowest BCUT2D eigenvalue weighted by molar-refractivity contribution is -0.122. The Morgan fingerprint density at radius 3 is 2.23 bits per heavy atom. The predicted octanol–water partition coefficient (Wildman–Crippen LogP) is 6.31. The molecule has 1 atom stereocenters. The quantitative estimate of drug-likeness (QED) is 0.450. The van der Waals surface area contributed by atoms with Crippen LogP contribution < -0.4 is 15.4 Å². The normalized spacial score (nSPS) is 11.5. The lowest BCUT2D eigenvalue weighted by Gasteiger charge is -2.16. The number of anilines is 2. The Kier molecular flexibility index (Phi) is 7.21. The van der Waals surface area contributed by atoms with E-state index < -0.39 is 6.10 Å². The van der Waals surface area contributed by atoms with E-state index in [1.54, 1.807) is 67.6 Å². The molecular weight excluding hydrogens is 447 g/mol. The number of amides is 2. The number of ether oxygens (including phenoxy) is 1. The zero-order valence-corrected chi connectivity index (χ0v) is 18.1. The molecule has 5 nitrogen and oxygen atoms in total. The Bertz CT molecular complexity index is 1090. The summed E-state index contributed by atoms with van der Waals surface area (Å²) in [7, 11) is 0. The van der Waals surface area contributed by atoms with Gasteiger partial charge in [-0.1, -0.05) is 53.0 Å². The molecule has 154 valence electrons. The second kappa shape index (κ2) is 9.85. The standard InChI is InChI=1S/C22H17Cl3N2O3/c1-13(30-20-10-9-14(23)11-19(20)25)21(28)26-15-5-4-6-16(12-15)27-22(29)17-7-2-3-8-18(17)24/h2-13H,1H3,(H,26,28)(H,27,29). The fourth-order valence-corrected chi connectivity index (χ4v) is 3.25. The first-order valence-corrected chi connectivity index (χ1v) is 10.1. The van der Waals surface area contributed by atoms with Crippen molar-refractivity contribution in [3.8, 4) is 5.75 Å². The topological polar surface area (TPSA) is 67.4 Å². The van der Waals surface area contributed by atoms with Crippen molar-refractivity contribution in [1.82, 2.24) is 0 Å². The molecule has 0 saturated heterocycles. The first-order chi connectivity index (χ1) is 14.3. The number of carbonyl (C=O) groups is 2. The van der Waals surface area contributed by atoms with Crippen molar-refractivity contribution in [3.63, 3.8) is 0 Å². The summed E-state index contributed by atoms with van der Waals surface area (Å²) in [4.78, 5) is 24.9. The van der Waals surface area contributed by atoms with Crippen LogP contribution in [0.15, 0.2) is 66.7 Å². The van der Waals surface area contributed by atoms with Crippen molar-refractivity contribution in [1.29, 1.82) is 0 Å². The summed E-state index contributed by atoms with van der Waals surface area (Å²) in [5, 5.41) is 6.64. The van der Waals surface area contributed by atoms with Crippen LogP contribution in [0.2, 0.25) is 15.1 Å². The molecule has 2 N–H and O–H groups in total. The fraction of sp³-hybridized carbons (Fsp3) is 0.0909. The van der Waals surface area contributed by atoms with Gasteiger partial charge in [0.05, 0.1) is 15.6 Å². The van der Waals surface area contributed by atoms with Gasteiger partial charge in [0.25, 0.3) is 11.8 Å². The second-order valence-corrected chi connectivity index (χ2v) is 7.59. The van der Waals surface area contributed by atoms with E-state index in [1.807, 2.05) is 0 Å². The molecule has 0 aliphatic carbocycles. The molecule has 0 bridgehead atoms. The molecule has 0 aliphatic heterocycles. The van der Waals surface area contributed by atoms with Gasteiger partial charge in [-0.3, -0.25) is 9.59 Å². The van der Waals surface area contributed by atoms with Crippen LogP contribution >= 0.6 is 34.8 Å². The van der Waals surface area contributed by atoms with Gasteiger partial charge in [-0.2, -0.15) is 0 Å². The molecule has 2 amide bonds. The minimum Gasteiger partial charge on any atom is -0.479 e. The summed E-state index contributed by atoms with van der Waals surface area (Å²) < 4.78 is 5.61. The predicted molar refractivity (Wildman–Crippen MR) is 121 cm³/mol. The highest BCUT2D eigenvalue weighted by Gasteiger charge is 2.17. The molecule has 0 saturated carbocycles. The Labute approximate surface area is 188 Å². The van der Waals surface area contributed by atoms with E-state index >= 15 is 0 Å². The first kappa shape index (κ1) is 22.0. The van der Waals surface area contributed by atoms with Crippen LogP contribution in [0.1, 0.15) is 17.3 Å². The largest absolute Gasteiger partial charge is 0.479 e. The van der Waals surface area contributed by atoms with Gasteiger partial charge in [-0.05, 0) is 55.5 Å². The van der Waals surface area contributed by atoms with E-state index in [0.717, 1.165) is 0 Å². The molecule has 0 radical (unpaired) electrons. The Morgan fingerprint density at radius 1 is 0.833 bits per heavy atom. The average molecular weight is 464 g/mol. The van der Waals surface area contributed by atoms with Crippen LogP contribution in [-0.2, 0) is 4.79 Å². The third kappa shape index (κ3) is 5.66. The van der Waals surface area contributed by atoms with E-state index in [2.05, 4.69) is 10.6 Å². The van der Waals surface area contributed by atoms with Gasteiger partial charge in [-0.15, -0.1) is 0 Å². The summed E-state index contributed by atoms with van der Waals surface area (Å²) in [5.41, 5.74) is 1.36. The van der Waals surface area contributed by atoms with Crippen LogP contribution in [0.5, 0.6) is 5.75 Å². The zero-order valence-electron chi connectivity index (χ0n) is 15.8. The van der Waals surface area contributed by atoms with E-state index in [4.69, 9.17) is 39.5 Å². The summed E-state index contributed by atoms with van der Waals surface area (Å²) in [6.07, 6.45) is -0.815. The van der Waals surface area contributed by atoms with Crippen molar-refractivity contribution in [2.45, 2.75) is 13.0 Å². The molecule has 3 rings (SSSR count). The van der Waals surface area contributed by atoms with Gasteiger partial charge in [0.1, 0.15) is 5.75 Å². The first-order valence-electron chi connectivity index (χ1n) is 8.92. The lowest BCUT2D eigenvalue weighted by atomic mass is 10.2. The molecule has 0 aromatic heterocycles. The molecule has 1 unspecified atom stereocenters. The minimum atomic E-state index is -0.815. The SMILES string of the molecule is CC(Oc1ccc(Cl)cc1Cl)C(=O)Nc1cccc(NC(=O)c2ccccc2Cl)c1. The van der Waals surface area contributed by atoms with Crippen molar-refractivity contribution >= 4 is 58.0 Å². The summed E-state index contributed by atoms with van der Waals surface area (Å²) in [6, 6.07) is 18.2. The van der Waals surface area contributed by atoms with Crippen molar-refractivity contribution in [2.24, 2.45) is 0 Å². The second-order valence-electron chi connectivity index (χ2n) is 6.34. The fourth-order valence-electron chi connectivity index (χ4n) is 2.58. The van der Waals surface area contributed by atoms with Crippen LogP contribution in [0, 0.1) is 0 Å². The maximum atomic E-state index is 12.5. The van der Waals surface area contributed by atoms with Gasteiger partial charge in [0, 0.05) is 16.4 Å². The van der Waals surface area contributed by atoms with Crippen molar-refractivity contribution in [3.05, 3.63) is 87.4 Å². The monoisotopic (exact) mass is 462 g/mol. The highest BCUT2D eigenvalue weighted by atomic mass is 35.5. The average Bonchev–Trinajstić information content (AvgIpc) is 2.70. The Balaban J connectivity index is 1.65. The Morgan fingerprint density at radius 2 is 1.53 bits per heavy atom. The van der Waals surface area contributed by atoms with E-state index in [1.165, 1.54) is 6.07 Å². The number of halogens is 3. The maximum Gasteiger partial charge on any atom is 0.265 e. The van der Waals surface area contributed by atoms with Gasteiger partial charge in [0.2, 0.25) is 0 Å². The van der Waals surface area contributed by atoms with Gasteiger partial charge in [-0.25, -0.2) is 0 Å². The molecule has 0 spiro atoms. The van der Waals surface area contributed by atoms with E-state index in [-0.39, 0.29) is 11.8 Å². The lowest BCUT2D eigenvalue weighted by Crippen LogP contribution is -2.30. The van der Waals surface area contributed by atoms with Gasteiger partial charge >= 0.3 is 0 Å². The highest BCUT2D eigenvalue weighted by molar-refractivity contribution is 6.35. The molecule has 3 aromatic carbocycles. The van der Waals surface area contributed by atoms with Crippen molar-refractivity contribution in [2.75, 3.05) is 10.6 Å².